The summed E-state index contributed by atoms with van der Waals surface area (Å²) in [6.07, 6.45) is 5.27. The monoisotopic (exact) mass is 270 g/mol. The fourth-order valence-corrected chi connectivity index (χ4v) is 1.78. The molecule has 1 aromatic heterocycles. The molecular formula is C16H18N2O2. The van der Waals surface area contributed by atoms with Gasteiger partial charge in [0.25, 0.3) is 0 Å². The molecule has 20 heavy (non-hydrogen) atoms. The third-order valence-corrected chi connectivity index (χ3v) is 2.99. The first-order chi connectivity index (χ1) is 9.60. The van der Waals surface area contributed by atoms with Crippen molar-refractivity contribution in [1.82, 2.24) is 0 Å². The Morgan fingerprint density at radius 2 is 1.70 bits per heavy atom. The Kier molecular flexibility index (Phi) is 4.25. The van der Waals surface area contributed by atoms with Gasteiger partial charge in [-0.1, -0.05) is 12.1 Å². The molecule has 0 aliphatic heterocycles. The van der Waals surface area contributed by atoms with Gasteiger partial charge in [0, 0.05) is 31.9 Å². The summed E-state index contributed by atoms with van der Waals surface area (Å²) in [5.41, 5.74) is 1.72. The maximum Gasteiger partial charge on any atom is 0.176 e. The van der Waals surface area contributed by atoms with Crippen LogP contribution in [0.5, 0.6) is 5.75 Å². The van der Waals surface area contributed by atoms with Gasteiger partial charge in [-0.25, -0.2) is 0 Å². The van der Waals surface area contributed by atoms with Crippen molar-refractivity contribution in [2.45, 2.75) is 0 Å². The van der Waals surface area contributed by atoms with E-state index in [4.69, 9.17) is 4.74 Å². The van der Waals surface area contributed by atoms with E-state index in [1.165, 1.54) is 0 Å². The topological polar surface area (TPSA) is 39.4 Å². The third kappa shape index (κ3) is 3.29. The van der Waals surface area contributed by atoms with Crippen LogP contribution in [0.4, 0.5) is 5.69 Å². The van der Waals surface area contributed by atoms with Crippen LogP contribution in [0.1, 0.15) is 5.56 Å². The Bertz CT molecular complexity index is 587. The molecule has 0 N–H and O–H groups in total. The van der Waals surface area contributed by atoms with Gasteiger partial charge in [-0.2, -0.15) is 4.57 Å². The van der Waals surface area contributed by atoms with E-state index in [1.807, 2.05) is 43.5 Å². The van der Waals surface area contributed by atoms with E-state index in [1.54, 1.807) is 42.1 Å². The number of aromatic nitrogens is 1. The smallest absolute Gasteiger partial charge is 0.176 e. The zero-order valence-electron chi connectivity index (χ0n) is 11.9. The summed E-state index contributed by atoms with van der Waals surface area (Å²) in [5, 5.41) is 12.1. The third-order valence-electron chi connectivity index (χ3n) is 2.99. The van der Waals surface area contributed by atoms with Crippen molar-refractivity contribution in [2.75, 3.05) is 26.1 Å². The van der Waals surface area contributed by atoms with E-state index in [9.17, 15) is 5.11 Å². The Morgan fingerprint density at radius 3 is 2.20 bits per heavy atom. The highest BCUT2D eigenvalue weighted by Crippen LogP contribution is 2.15. The molecule has 0 bridgehead atoms. The van der Waals surface area contributed by atoms with Crippen LogP contribution in [0, 0.1) is 0 Å². The number of ether oxygens (including phenoxy) is 1. The molecule has 0 unspecified atom stereocenters. The number of rotatable bonds is 4. The molecule has 4 nitrogen and oxygen atoms in total. The lowest BCUT2D eigenvalue weighted by molar-refractivity contribution is -0.569. The first-order valence-electron chi connectivity index (χ1n) is 6.31. The predicted molar refractivity (Wildman–Crippen MR) is 78.1 cm³/mol. The Morgan fingerprint density at radius 1 is 1.10 bits per heavy atom. The molecule has 0 aliphatic rings. The minimum Gasteiger partial charge on any atom is -0.868 e. The van der Waals surface area contributed by atoms with Gasteiger partial charge in [0.15, 0.2) is 18.6 Å². The Hall–Kier alpha value is -2.49. The lowest BCUT2D eigenvalue weighted by Gasteiger charge is -2.11. The van der Waals surface area contributed by atoms with Crippen molar-refractivity contribution >= 4 is 17.6 Å². The maximum atomic E-state index is 12.1. The second-order valence-electron chi connectivity index (χ2n) is 4.62. The summed E-state index contributed by atoms with van der Waals surface area (Å²) in [7, 11) is 5.56. The lowest BCUT2D eigenvalue weighted by Crippen LogP contribution is -2.27. The zero-order valence-corrected chi connectivity index (χ0v) is 11.9. The van der Waals surface area contributed by atoms with Crippen LogP contribution < -0.4 is 19.3 Å². The van der Waals surface area contributed by atoms with E-state index >= 15 is 0 Å². The van der Waals surface area contributed by atoms with E-state index in [0.717, 1.165) is 11.4 Å². The van der Waals surface area contributed by atoms with Gasteiger partial charge < -0.3 is 14.7 Å². The summed E-state index contributed by atoms with van der Waals surface area (Å²) in [6.45, 7) is 0. The molecule has 1 heterocycles. The summed E-state index contributed by atoms with van der Waals surface area (Å²) in [5.74, 6) is 0.694. The van der Waals surface area contributed by atoms with Crippen LogP contribution in [0.15, 0.2) is 48.8 Å². The number of hydrogen-bond acceptors (Lipinski definition) is 3. The minimum absolute atomic E-state index is 0.0461. The highest BCUT2D eigenvalue weighted by atomic mass is 16.5. The van der Waals surface area contributed by atoms with Crippen LogP contribution in [-0.4, -0.2) is 21.2 Å². The van der Waals surface area contributed by atoms with Crippen molar-refractivity contribution in [3.63, 3.8) is 0 Å². The van der Waals surface area contributed by atoms with Crippen molar-refractivity contribution in [3.8, 4) is 5.75 Å². The van der Waals surface area contributed by atoms with Crippen LogP contribution in [0.2, 0.25) is 0 Å². The molecule has 0 saturated carbocycles. The molecule has 4 heteroatoms. The molecule has 2 rings (SSSR count). The fraction of sp³-hybridized carbons (Fsp3) is 0.188. The number of anilines is 1. The van der Waals surface area contributed by atoms with E-state index < -0.39 is 0 Å². The van der Waals surface area contributed by atoms with Gasteiger partial charge in [0.1, 0.15) is 5.75 Å². The maximum absolute atomic E-state index is 12.1. The number of hydrogen-bond donors (Lipinski definition) is 0. The molecule has 1 aromatic carbocycles. The van der Waals surface area contributed by atoms with E-state index in [2.05, 4.69) is 0 Å². The molecule has 0 fully saturated rings. The van der Waals surface area contributed by atoms with Crippen molar-refractivity contribution in [1.29, 1.82) is 0 Å². The molecule has 2 aromatic rings. The highest BCUT2D eigenvalue weighted by Gasteiger charge is 2.00. The van der Waals surface area contributed by atoms with Gasteiger partial charge in [-0.3, -0.25) is 0 Å². The standard InChI is InChI=1S/C16H18N2O2/c1-17(2)14-8-10-18(11-9-14)12-16(19)13-4-6-15(20-3)7-5-13/h4-12H,1-3H3/b16-12+. The molecule has 0 radical (unpaired) electrons. The van der Waals surface area contributed by atoms with Crippen LogP contribution >= 0.6 is 0 Å². The van der Waals surface area contributed by atoms with Gasteiger partial charge in [0.05, 0.1) is 7.11 Å². The summed E-state index contributed by atoms with van der Waals surface area (Å²) in [4.78, 5) is 2.01. The lowest BCUT2D eigenvalue weighted by atomic mass is 10.2. The van der Waals surface area contributed by atoms with Crippen LogP contribution in [-0.2, 0) is 0 Å². The van der Waals surface area contributed by atoms with Gasteiger partial charge >= 0.3 is 0 Å². The number of pyridine rings is 1. The largest absolute Gasteiger partial charge is 0.868 e. The molecule has 0 spiro atoms. The fourth-order valence-electron chi connectivity index (χ4n) is 1.78. The normalized spacial score (nSPS) is 11.2. The number of methoxy groups -OCH3 is 1. The predicted octanol–water partition coefficient (Wildman–Crippen LogP) is 1.36. The quantitative estimate of drug-likeness (QED) is 0.622. The molecule has 0 amide bonds. The van der Waals surface area contributed by atoms with Crippen LogP contribution in [0.3, 0.4) is 0 Å². The molecule has 0 saturated heterocycles. The molecule has 0 atom stereocenters. The Labute approximate surface area is 119 Å². The summed E-state index contributed by atoms with van der Waals surface area (Å²) < 4.78 is 6.82. The summed E-state index contributed by atoms with van der Waals surface area (Å²) in [6, 6.07) is 11.0. The van der Waals surface area contributed by atoms with Crippen molar-refractivity contribution in [2.24, 2.45) is 0 Å². The first kappa shape index (κ1) is 13.9. The highest BCUT2D eigenvalue weighted by molar-refractivity contribution is 5.65. The van der Waals surface area contributed by atoms with Crippen molar-refractivity contribution in [3.05, 3.63) is 54.4 Å². The molecule has 104 valence electrons. The number of benzene rings is 1. The first-order valence-corrected chi connectivity index (χ1v) is 6.31. The molecule has 0 aliphatic carbocycles. The van der Waals surface area contributed by atoms with Gasteiger partial charge in [0.2, 0.25) is 0 Å². The second kappa shape index (κ2) is 6.10. The van der Waals surface area contributed by atoms with Gasteiger partial charge in [-0.15, -0.1) is 0 Å². The summed E-state index contributed by atoms with van der Waals surface area (Å²) >= 11 is 0. The van der Waals surface area contributed by atoms with E-state index in [-0.39, 0.29) is 5.76 Å². The van der Waals surface area contributed by atoms with Gasteiger partial charge in [-0.05, 0) is 23.5 Å². The second-order valence-corrected chi connectivity index (χ2v) is 4.62. The SMILES string of the molecule is COc1ccc(/C([O-])=C\[n+]2ccc(N(C)C)cc2)cc1. The average molecular weight is 270 g/mol. The average Bonchev–Trinajstić information content (AvgIpc) is 2.48. The van der Waals surface area contributed by atoms with E-state index in [0.29, 0.717) is 5.56 Å². The number of nitrogens with zero attached hydrogens (tertiary/aromatic N) is 2. The zero-order chi connectivity index (χ0) is 14.5. The van der Waals surface area contributed by atoms with Crippen LogP contribution in [0.25, 0.3) is 12.0 Å². The Balaban J connectivity index is 2.20. The minimum atomic E-state index is -0.0461. The molecular weight excluding hydrogens is 252 g/mol. The van der Waals surface area contributed by atoms with Crippen molar-refractivity contribution < 1.29 is 14.4 Å².